The van der Waals surface area contributed by atoms with E-state index in [2.05, 4.69) is 10.6 Å². The molecule has 2 aromatic rings. The Morgan fingerprint density at radius 1 is 0.857 bits per heavy atom. The Morgan fingerprint density at radius 2 is 1.39 bits per heavy atom. The first-order chi connectivity index (χ1) is 23.0. The quantitative estimate of drug-likeness (QED) is 0.324. The molecule has 0 bridgehead atoms. The molecule has 1 heterocycles. The summed E-state index contributed by atoms with van der Waals surface area (Å²) in [6, 6.07) is 7.99. The van der Waals surface area contributed by atoms with Gasteiger partial charge in [-0.15, -0.1) is 0 Å². The monoisotopic (exact) mass is 706 g/mol. The largest absolute Gasteiger partial charge is 0.493 e. The fraction of sp³-hybridized carbons (Fsp3) is 0.485. The van der Waals surface area contributed by atoms with Crippen LogP contribution in [0.4, 0.5) is 16.2 Å². The van der Waals surface area contributed by atoms with Crippen LogP contribution in [0, 0.1) is 5.41 Å². The van der Waals surface area contributed by atoms with Gasteiger partial charge in [-0.25, -0.2) is 22.8 Å². The van der Waals surface area contributed by atoms with Crippen LogP contribution >= 0.6 is 0 Å². The number of hydrogen-bond acceptors (Lipinski definition) is 11. The topological polar surface area (TPSA) is 187 Å². The van der Waals surface area contributed by atoms with Crippen LogP contribution in [0.1, 0.15) is 69.2 Å². The van der Waals surface area contributed by atoms with Gasteiger partial charge in [0, 0.05) is 36.3 Å². The van der Waals surface area contributed by atoms with Crippen molar-refractivity contribution in [3.63, 3.8) is 0 Å². The van der Waals surface area contributed by atoms with Gasteiger partial charge in [0.05, 0.1) is 38.4 Å². The highest BCUT2D eigenvalue weighted by molar-refractivity contribution is 7.92. The van der Waals surface area contributed by atoms with Crippen molar-refractivity contribution in [2.75, 3.05) is 61.9 Å². The van der Waals surface area contributed by atoms with Crippen LogP contribution in [-0.4, -0.2) is 95.4 Å². The van der Waals surface area contributed by atoms with Crippen molar-refractivity contribution < 1.29 is 51.3 Å². The Labute approximate surface area is 287 Å². The lowest BCUT2D eigenvalue weighted by Crippen LogP contribution is -2.55. The molecule has 0 radical (unpaired) electrons. The highest BCUT2D eigenvalue weighted by Gasteiger charge is 2.33. The maximum atomic E-state index is 12.8. The van der Waals surface area contributed by atoms with Crippen molar-refractivity contribution in [1.82, 2.24) is 10.2 Å². The van der Waals surface area contributed by atoms with Gasteiger partial charge in [0.25, 0.3) is 0 Å². The molecular weight excluding hydrogens is 660 g/mol. The number of ether oxygens (including phenoxy) is 4. The van der Waals surface area contributed by atoms with Gasteiger partial charge in [0.15, 0.2) is 0 Å². The van der Waals surface area contributed by atoms with Crippen LogP contribution in [0.2, 0.25) is 0 Å². The number of nitrogens with zero attached hydrogens (tertiary/aromatic N) is 2. The number of esters is 2. The number of carbonyl (C=O) groups is 5. The van der Waals surface area contributed by atoms with E-state index in [4.69, 9.17) is 18.9 Å². The molecule has 4 amide bonds. The number of anilines is 2. The van der Waals surface area contributed by atoms with Crippen molar-refractivity contribution in [2.24, 2.45) is 5.41 Å². The fourth-order valence-electron chi connectivity index (χ4n) is 4.23. The molecule has 1 fully saturated rings. The van der Waals surface area contributed by atoms with Gasteiger partial charge in [0.2, 0.25) is 21.8 Å². The third-order valence-electron chi connectivity index (χ3n) is 6.53. The lowest BCUT2D eigenvalue weighted by Gasteiger charge is -2.31. The van der Waals surface area contributed by atoms with Crippen LogP contribution < -0.4 is 24.4 Å². The third-order valence-corrected chi connectivity index (χ3v) is 7.56. The maximum Gasteiger partial charge on any atom is 0.341 e. The average Bonchev–Trinajstić information content (AvgIpc) is 3.01. The molecule has 0 aromatic heterocycles. The summed E-state index contributed by atoms with van der Waals surface area (Å²) in [5.41, 5.74) is 0.561. The maximum absolute atomic E-state index is 12.8. The van der Waals surface area contributed by atoms with E-state index in [-0.39, 0.29) is 61.7 Å². The van der Waals surface area contributed by atoms with Gasteiger partial charge in [-0.05, 0) is 52.0 Å². The van der Waals surface area contributed by atoms with Crippen LogP contribution in [0.15, 0.2) is 36.4 Å². The van der Waals surface area contributed by atoms with Crippen LogP contribution in [0.5, 0.6) is 11.5 Å². The molecule has 1 aliphatic rings. The van der Waals surface area contributed by atoms with Crippen LogP contribution in [0.3, 0.4) is 0 Å². The molecule has 1 saturated heterocycles. The van der Waals surface area contributed by atoms with Gasteiger partial charge < -0.3 is 34.5 Å². The number of urea groups is 1. The Balaban J connectivity index is 0.000000355. The zero-order valence-electron chi connectivity index (χ0n) is 29.2. The lowest BCUT2D eigenvalue weighted by atomic mass is 9.95. The summed E-state index contributed by atoms with van der Waals surface area (Å²) in [6.07, 6.45) is 0.883. The van der Waals surface area contributed by atoms with E-state index < -0.39 is 33.4 Å². The number of piperazine rings is 1. The molecule has 16 heteroatoms. The molecule has 15 nitrogen and oxygen atoms in total. The van der Waals surface area contributed by atoms with Crippen LogP contribution in [0.25, 0.3) is 0 Å². The standard InChI is InChI=1S/C17H23N3O7S.C16H23NO4/c1-4-26-14-10-12(6-7-13(14)16(22)27-5-2)20(28(3,24)25)17(23)19-9-8-18-15(21)11-19;1-6-20-13-10-11(17-15(19)16(3,4)5)8-9-12(13)14(18)21-7-2/h6-7,10H,4-5,8-9,11H2,1-3H3,(H,18,21);8-10H,6-7H2,1-5H3,(H,17,19). The van der Waals surface area contributed by atoms with Crippen molar-refractivity contribution in [2.45, 2.75) is 48.5 Å². The molecule has 0 aliphatic carbocycles. The predicted octanol–water partition coefficient (Wildman–Crippen LogP) is 3.83. The number of rotatable bonds is 11. The summed E-state index contributed by atoms with van der Waals surface area (Å²) in [5, 5.41) is 5.38. The first-order valence-electron chi connectivity index (χ1n) is 15.7. The second-order valence-electron chi connectivity index (χ2n) is 11.5. The molecule has 0 unspecified atom stereocenters. The van der Waals surface area contributed by atoms with Gasteiger partial charge in [-0.2, -0.15) is 4.31 Å². The summed E-state index contributed by atoms with van der Waals surface area (Å²) < 4.78 is 46.1. The summed E-state index contributed by atoms with van der Waals surface area (Å²) in [4.78, 5) is 61.4. The minimum atomic E-state index is -4.02. The zero-order chi connectivity index (χ0) is 36.9. The minimum Gasteiger partial charge on any atom is -0.493 e. The molecule has 270 valence electrons. The van der Waals surface area contributed by atoms with Gasteiger partial charge in [0.1, 0.15) is 29.2 Å². The van der Waals surface area contributed by atoms with Gasteiger partial charge >= 0.3 is 18.0 Å². The Hall–Kier alpha value is -4.86. The first-order valence-corrected chi connectivity index (χ1v) is 17.6. The van der Waals surface area contributed by atoms with E-state index in [1.165, 1.54) is 18.2 Å². The predicted molar refractivity (Wildman–Crippen MR) is 183 cm³/mol. The second-order valence-corrected chi connectivity index (χ2v) is 13.3. The number of nitrogens with one attached hydrogen (secondary N) is 2. The average molecular weight is 707 g/mol. The normalized spacial score (nSPS) is 12.8. The molecule has 49 heavy (non-hydrogen) atoms. The van der Waals surface area contributed by atoms with E-state index in [0.29, 0.717) is 34.5 Å². The molecule has 1 aliphatic heterocycles. The highest BCUT2D eigenvalue weighted by Crippen LogP contribution is 2.29. The zero-order valence-corrected chi connectivity index (χ0v) is 30.0. The molecule has 2 N–H and O–H groups in total. The number of carbonyl (C=O) groups excluding carboxylic acids is 5. The summed E-state index contributed by atoms with van der Waals surface area (Å²) in [5.74, 6) is -1.04. The summed E-state index contributed by atoms with van der Waals surface area (Å²) >= 11 is 0. The minimum absolute atomic E-state index is 0.00465. The number of hydrogen-bond donors (Lipinski definition) is 2. The highest BCUT2D eigenvalue weighted by atomic mass is 32.2. The number of benzene rings is 2. The van der Waals surface area contributed by atoms with E-state index in [1.54, 1.807) is 39.0 Å². The molecule has 0 spiro atoms. The van der Waals surface area contributed by atoms with Crippen molar-refractivity contribution in [3.8, 4) is 11.5 Å². The third kappa shape index (κ3) is 11.7. The first kappa shape index (κ1) is 40.3. The molecular formula is C33H46N4O11S. The smallest absolute Gasteiger partial charge is 0.341 e. The van der Waals surface area contributed by atoms with Crippen molar-refractivity contribution >= 4 is 51.2 Å². The fourth-order valence-corrected chi connectivity index (χ4v) is 5.13. The van der Waals surface area contributed by atoms with Gasteiger partial charge in [-0.1, -0.05) is 20.8 Å². The lowest BCUT2D eigenvalue weighted by molar-refractivity contribution is -0.123. The van der Waals surface area contributed by atoms with E-state index >= 15 is 0 Å². The Kier molecular flexibility index (Phi) is 14.9. The summed E-state index contributed by atoms with van der Waals surface area (Å²) in [6.45, 7) is 13.7. The summed E-state index contributed by atoms with van der Waals surface area (Å²) in [7, 11) is -4.02. The van der Waals surface area contributed by atoms with Gasteiger partial charge in [-0.3, -0.25) is 9.59 Å². The number of amides is 4. The molecule has 0 saturated carbocycles. The number of sulfonamides is 1. The van der Waals surface area contributed by atoms with Crippen molar-refractivity contribution in [3.05, 3.63) is 47.5 Å². The Bertz CT molecular complexity index is 1620. The molecule has 2 aromatic carbocycles. The molecule has 0 atom stereocenters. The van der Waals surface area contributed by atoms with Crippen LogP contribution in [-0.2, 0) is 29.1 Å². The van der Waals surface area contributed by atoms with Crippen molar-refractivity contribution in [1.29, 1.82) is 0 Å². The SMILES string of the molecule is CCOC(=O)c1ccc(N(C(=O)N2CCNC(=O)C2)S(C)(=O)=O)cc1OCC.CCOC(=O)c1ccc(NC(=O)C(C)(C)C)cc1OCC. The Morgan fingerprint density at radius 3 is 1.86 bits per heavy atom. The van der Waals surface area contributed by atoms with E-state index in [0.717, 1.165) is 11.2 Å². The second kappa shape index (κ2) is 18.1. The van der Waals surface area contributed by atoms with E-state index in [1.807, 2.05) is 27.7 Å². The van der Waals surface area contributed by atoms with E-state index in [9.17, 15) is 32.4 Å². The molecule has 3 rings (SSSR count).